The zero-order valence-electron chi connectivity index (χ0n) is 13.3. The lowest BCUT2D eigenvalue weighted by atomic mass is 9.92. The highest BCUT2D eigenvalue weighted by molar-refractivity contribution is 5.81. The van der Waals surface area contributed by atoms with Crippen molar-refractivity contribution in [2.45, 2.75) is 25.7 Å². The Balaban J connectivity index is 1.54. The van der Waals surface area contributed by atoms with Gasteiger partial charge in [-0.1, -0.05) is 12.1 Å². The average Bonchev–Trinajstić information content (AvgIpc) is 2.98. The van der Waals surface area contributed by atoms with Gasteiger partial charge in [-0.05, 0) is 49.8 Å². The van der Waals surface area contributed by atoms with Gasteiger partial charge in [0.2, 0.25) is 0 Å². The van der Waals surface area contributed by atoms with Crippen molar-refractivity contribution >= 4 is 22.4 Å². The number of imidazole rings is 1. The maximum Gasteiger partial charge on any atom is 0.139 e. The number of halogens is 1. The van der Waals surface area contributed by atoms with Crippen molar-refractivity contribution < 1.29 is 4.39 Å². The number of hydrogen-bond acceptors (Lipinski definition) is 2. The first kappa shape index (κ1) is 14.5. The Morgan fingerprint density at radius 3 is 2.78 bits per heavy atom. The van der Waals surface area contributed by atoms with Gasteiger partial charge in [0, 0.05) is 31.0 Å². The van der Waals surface area contributed by atoms with E-state index in [0.29, 0.717) is 5.92 Å². The molecule has 0 atom stereocenters. The lowest BCUT2D eigenvalue weighted by Gasteiger charge is -2.33. The number of benzene rings is 1. The fourth-order valence-electron chi connectivity index (χ4n) is 3.70. The number of alkyl halides is 1. The maximum atomic E-state index is 12.3. The molecule has 3 nitrogen and oxygen atoms in total. The molecule has 120 valence electrons. The van der Waals surface area contributed by atoms with E-state index >= 15 is 0 Å². The van der Waals surface area contributed by atoms with Gasteiger partial charge >= 0.3 is 0 Å². The van der Waals surface area contributed by atoms with Crippen LogP contribution in [-0.4, -0.2) is 29.1 Å². The number of para-hydroxylation sites is 2. The standard InChI is InChI=1S/C19H22FN3/c20-10-3-4-15-7-11-22(12-8-15)16-9-13-23-18-6-2-1-5-17(18)21-19(23)14-16/h1-2,5-6,9,13-15H,3-4,7-8,10-12H2. The van der Waals surface area contributed by atoms with E-state index < -0.39 is 0 Å². The number of piperidine rings is 1. The third-order valence-corrected chi connectivity index (χ3v) is 5.02. The number of nitrogens with zero attached hydrogens (tertiary/aromatic N) is 3. The van der Waals surface area contributed by atoms with Crippen LogP contribution in [0.3, 0.4) is 0 Å². The molecule has 2 aromatic heterocycles. The van der Waals surface area contributed by atoms with E-state index in [4.69, 9.17) is 4.98 Å². The second kappa shape index (κ2) is 6.19. The van der Waals surface area contributed by atoms with E-state index in [-0.39, 0.29) is 6.67 Å². The van der Waals surface area contributed by atoms with Crippen LogP contribution in [0.25, 0.3) is 16.7 Å². The zero-order chi connectivity index (χ0) is 15.6. The summed E-state index contributed by atoms with van der Waals surface area (Å²) in [5.41, 5.74) is 4.44. The topological polar surface area (TPSA) is 20.5 Å². The molecule has 0 radical (unpaired) electrons. The Morgan fingerprint density at radius 2 is 1.96 bits per heavy atom. The van der Waals surface area contributed by atoms with Gasteiger partial charge in [0.1, 0.15) is 5.65 Å². The number of rotatable bonds is 4. The fourth-order valence-corrected chi connectivity index (χ4v) is 3.70. The van der Waals surface area contributed by atoms with Gasteiger partial charge in [0.25, 0.3) is 0 Å². The van der Waals surface area contributed by atoms with Crippen LogP contribution in [0.15, 0.2) is 42.6 Å². The molecule has 3 heterocycles. The van der Waals surface area contributed by atoms with Crippen molar-refractivity contribution in [2.75, 3.05) is 24.7 Å². The molecule has 4 heteroatoms. The van der Waals surface area contributed by atoms with Gasteiger partial charge in [-0.15, -0.1) is 0 Å². The lowest BCUT2D eigenvalue weighted by molar-refractivity contribution is 0.347. The molecule has 0 amide bonds. The van der Waals surface area contributed by atoms with E-state index in [9.17, 15) is 4.39 Å². The van der Waals surface area contributed by atoms with E-state index in [2.05, 4.69) is 39.8 Å². The Morgan fingerprint density at radius 1 is 1.13 bits per heavy atom. The minimum Gasteiger partial charge on any atom is -0.371 e. The van der Waals surface area contributed by atoms with Crippen LogP contribution in [0.4, 0.5) is 10.1 Å². The summed E-state index contributed by atoms with van der Waals surface area (Å²) in [6.45, 7) is 1.95. The van der Waals surface area contributed by atoms with Gasteiger partial charge < -0.3 is 4.90 Å². The molecule has 0 bridgehead atoms. The molecule has 3 aromatic rings. The number of fused-ring (bicyclic) bond motifs is 3. The van der Waals surface area contributed by atoms with Crippen molar-refractivity contribution in [1.29, 1.82) is 0 Å². The van der Waals surface area contributed by atoms with Crippen LogP contribution in [0.5, 0.6) is 0 Å². The molecule has 23 heavy (non-hydrogen) atoms. The van der Waals surface area contributed by atoms with E-state index in [0.717, 1.165) is 42.6 Å². The quantitative estimate of drug-likeness (QED) is 0.709. The molecule has 1 aliphatic heterocycles. The third-order valence-electron chi connectivity index (χ3n) is 5.02. The van der Waals surface area contributed by atoms with Crippen LogP contribution in [-0.2, 0) is 0 Å². The van der Waals surface area contributed by atoms with E-state index in [1.807, 2.05) is 12.1 Å². The summed E-state index contributed by atoms with van der Waals surface area (Å²) < 4.78 is 14.5. The first-order valence-corrected chi connectivity index (χ1v) is 8.53. The molecule has 1 saturated heterocycles. The minimum absolute atomic E-state index is 0.176. The summed E-state index contributed by atoms with van der Waals surface area (Å²) >= 11 is 0. The van der Waals surface area contributed by atoms with Crippen molar-refractivity contribution in [3.63, 3.8) is 0 Å². The summed E-state index contributed by atoms with van der Waals surface area (Å²) in [5, 5.41) is 0. The highest BCUT2D eigenvalue weighted by Gasteiger charge is 2.19. The normalized spacial score (nSPS) is 16.5. The van der Waals surface area contributed by atoms with Crippen LogP contribution in [0, 0.1) is 5.92 Å². The van der Waals surface area contributed by atoms with Crippen molar-refractivity contribution in [3.8, 4) is 0 Å². The number of aromatic nitrogens is 2. The van der Waals surface area contributed by atoms with Crippen molar-refractivity contribution in [1.82, 2.24) is 9.38 Å². The fraction of sp³-hybridized carbons (Fsp3) is 0.421. The average molecular weight is 311 g/mol. The number of pyridine rings is 1. The lowest BCUT2D eigenvalue weighted by Crippen LogP contribution is -2.33. The Hall–Kier alpha value is -2.10. The van der Waals surface area contributed by atoms with Crippen LogP contribution in [0.1, 0.15) is 25.7 Å². The molecule has 1 aromatic carbocycles. The molecule has 1 fully saturated rings. The molecule has 1 aliphatic rings. The summed E-state index contributed by atoms with van der Waals surface area (Å²) in [4.78, 5) is 7.16. The molecule has 0 spiro atoms. The first-order chi connectivity index (χ1) is 11.3. The molecular weight excluding hydrogens is 289 g/mol. The molecule has 0 aliphatic carbocycles. The second-order valence-electron chi connectivity index (χ2n) is 6.48. The minimum atomic E-state index is -0.176. The summed E-state index contributed by atoms with van der Waals surface area (Å²) in [5.74, 6) is 0.694. The Kier molecular flexibility index (Phi) is 3.90. The molecule has 0 saturated carbocycles. The van der Waals surface area contributed by atoms with E-state index in [1.165, 1.54) is 18.5 Å². The molecular formula is C19H22FN3. The third kappa shape index (κ3) is 2.78. The van der Waals surface area contributed by atoms with E-state index in [1.54, 1.807) is 0 Å². The number of anilines is 1. The van der Waals surface area contributed by atoms with Gasteiger partial charge in [0.05, 0.1) is 17.7 Å². The van der Waals surface area contributed by atoms with Crippen LogP contribution < -0.4 is 4.90 Å². The van der Waals surface area contributed by atoms with Gasteiger partial charge in [-0.25, -0.2) is 4.98 Å². The predicted molar refractivity (Wildman–Crippen MR) is 92.8 cm³/mol. The number of hydrogen-bond donors (Lipinski definition) is 0. The van der Waals surface area contributed by atoms with Gasteiger partial charge in [-0.2, -0.15) is 0 Å². The monoisotopic (exact) mass is 311 g/mol. The van der Waals surface area contributed by atoms with Crippen molar-refractivity contribution in [2.24, 2.45) is 5.92 Å². The highest BCUT2D eigenvalue weighted by atomic mass is 19.1. The molecule has 0 N–H and O–H groups in total. The maximum absolute atomic E-state index is 12.3. The summed E-state index contributed by atoms with van der Waals surface area (Å²) in [6.07, 6.45) is 6.21. The zero-order valence-corrected chi connectivity index (χ0v) is 13.3. The Bertz CT molecular complexity index is 803. The van der Waals surface area contributed by atoms with Gasteiger partial charge in [0.15, 0.2) is 0 Å². The largest absolute Gasteiger partial charge is 0.371 e. The summed E-state index contributed by atoms with van der Waals surface area (Å²) in [7, 11) is 0. The molecule has 0 unspecified atom stereocenters. The predicted octanol–water partition coefficient (Wildman–Crippen LogP) is 4.45. The van der Waals surface area contributed by atoms with Gasteiger partial charge in [-0.3, -0.25) is 8.79 Å². The molecule has 4 rings (SSSR count). The second-order valence-corrected chi connectivity index (χ2v) is 6.48. The van der Waals surface area contributed by atoms with Crippen LogP contribution >= 0.6 is 0 Å². The van der Waals surface area contributed by atoms with Crippen LogP contribution in [0.2, 0.25) is 0 Å². The first-order valence-electron chi connectivity index (χ1n) is 8.53. The highest BCUT2D eigenvalue weighted by Crippen LogP contribution is 2.27. The Labute approximate surface area is 135 Å². The van der Waals surface area contributed by atoms with Crippen molar-refractivity contribution in [3.05, 3.63) is 42.6 Å². The smallest absolute Gasteiger partial charge is 0.139 e. The summed E-state index contributed by atoms with van der Waals surface area (Å²) in [6, 6.07) is 12.6. The SMILES string of the molecule is FCCCC1CCN(c2ccn3c(c2)nc2ccccc23)CC1.